The van der Waals surface area contributed by atoms with Crippen LogP contribution >= 0.6 is 0 Å². The van der Waals surface area contributed by atoms with Gasteiger partial charge in [0.15, 0.2) is 0 Å². The Kier molecular flexibility index (Phi) is 8.41. The lowest BCUT2D eigenvalue weighted by Crippen LogP contribution is -2.42. The molecule has 0 saturated heterocycles. The van der Waals surface area contributed by atoms with Gasteiger partial charge in [-0.2, -0.15) is 0 Å². The summed E-state index contributed by atoms with van der Waals surface area (Å²) in [6.45, 7) is 11.9. The van der Waals surface area contributed by atoms with E-state index in [1.54, 1.807) is 11.1 Å². The predicted octanol–water partition coefficient (Wildman–Crippen LogP) is 4.43. The van der Waals surface area contributed by atoms with Crippen molar-refractivity contribution in [2.24, 2.45) is 0 Å². The minimum atomic E-state index is -0.612. The number of hydrogen-bond acceptors (Lipinski definition) is 10. The van der Waals surface area contributed by atoms with E-state index in [2.05, 4.69) is 25.5 Å². The molecule has 0 bridgehead atoms. The number of aryl methyl sites for hydroxylation is 1. The SMILES string of the molecule is Cc1cc(Nc2ncc3c(n2)CN(c2cnc4c(c2C)N(C(=O)OC(C)(C)C)CCO4)CC3)ccc1NC(=O)CN(C)C. The number of nitrogens with one attached hydrogen (secondary N) is 2. The average molecular weight is 589 g/mol. The van der Waals surface area contributed by atoms with Crippen LogP contribution in [0.1, 0.15) is 43.2 Å². The van der Waals surface area contributed by atoms with E-state index in [1.165, 1.54) is 0 Å². The van der Waals surface area contributed by atoms with E-state index in [0.29, 0.717) is 43.8 Å². The number of anilines is 5. The zero-order valence-corrected chi connectivity index (χ0v) is 25.9. The number of pyridine rings is 1. The Morgan fingerprint density at radius 1 is 1.12 bits per heavy atom. The van der Waals surface area contributed by atoms with Gasteiger partial charge in [0.2, 0.25) is 17.7 Å². The minimum Gasteiger partial charge on any atom is -0.474 e. The first kappa shape index (κ1) is 30.0. The van der Waals surface area contributed by atoms with Crippen molar-refractivity contribution in [2.75, 3.05) is 60.8 Å². The number of ether oxygens (including phenoxy) is 2. The molecule has 2 aliphatic rings. The van der Waals surface area contributed by atoms with Gasteiger partial charge in [0.25, 0.3) is 0 Å². The Balaban J connectivity index is 1.33. The van der Waals surface area contributed by atoms with Crippen LogP contribution in [-0.4, -0.2) is 77.8 Å². The zero-order chi connectivity index (χ0) is 30.9. The minimum absolute atomic E-state index is 0.0641. The highest BCUT2D eigenvalue weighted by Gasteiger charge is 2.32. The van der Waals surface area contributed by atoms with Crippen molar-refractivity contribution < 1.29 is 19.1 Å². The van der Waals surface area contributed by atoms with Gasteiger partial charge in [0.1, 0.15) is 17.9 Å². The Bertz CT molecular complexity index is 1530. The van der Waals surface area contributed by atoms with Gasteiger partial charge in [-0.05, 0) is 84.5 Å². The van der Waals surface area contributed by atoms with E-state index in [9.17, 15) is 9.59 Å². The molecule has 1 aromatic carbocycles. The van der Waals surface area contributed by atoms with Crippen LogP contribution in [0.15, 0.2) is 30.6 Å². The van der Waals surface area contributed by atoms with Crippen molar-refractivity contribution in [2.45, 2.75) is 53.2 Å². The van der Waals surface area contributed by atoms with Gasteiger partial charge in [-0.3, -0.25) is 9.69 Å². The fourth-order valence-electron chi connectivity index (χ4n) is 5.20. The van der Waals surface area contributed by atoms with E-state index >= 15 is 0 Å². The van der Waals surface area contributed by atoms with Crippen molar-refractivity contribution in [1.82, 2.24) is 19.9 Å². The lowest BCUT2D eigenvalue weighted by atomic mass is 10.0. The van der Waals surface area contributed by atoms with Gasteiger partial charge >= 0.3 is 6.09 Å². The molecule has 12 heteroatoms. The Morgan fingerprint density at radius 3 is 2.63 bits per heavy atom. The molecular formula is C31H40N8O4. The van der Waals surface area contributed by atoms with Gasteiger partial charge in [-0.25, -0.2) is 19.7 Å². The molecule has 0 spiro atoms. The molecule has 2 amide bonds. The number of rotatable bonds is 6. The fraction of sp³-hybridized carbons (Fsp3) is 0.452. The monoisotopic (exact) mass is 588 g/mol. The first-order chi connectivity index (χ1) is 20.4. The largest absolute Gasteiger partial charge is 0.474 e. The van der Waals surface area contributed by atoms with Crippen molar-refractivity contribution in [3.05, 3.63) is 53.0 Å². The predicted molar refractivity (Wildman–Crippen MR) is 166 cm³/mol. The van der Waals surface area contributed by atoms with Gasteiger partial charge in [0, 0.05) is 29.7 Å². The Labute approximate surface area is 252 Å². The quantitative estimate of drug-likeness (QED) is 0.427. The third-order valence-electron chi connectivity index (χ3n) is 7.19. The normalized spacial score (nSPS) is 14.5. The summed E-state index contributed by atoms with van der Waals surface area (Å²) in [5.41, 5.74) is 6.39. The standard InChI is InChI=1S/C31H40N8O4/c1-19-14-22(8-9-23(19)35-26(40)18-37(6)7)34-29-33-15-21-10-11-38(17-24(21)36-29)25-16-32-28-27(20(25)2)39(12-13-42-28)30(41)43-31(3,4)5/h8-9,14-16H,10-13,17-18H2,1-7H3,(H,35,40)(H,33,34,36). The van der Waals surface area contributed by atoms with Crippen LogP contribution in [0, 0.1) is 13.8 Å². The molecule has 2 aromatic heterocycles. The number of aromatic nitrogens is 3. The number of nitrogens with zero attached hydrogens (tertiary/aromatic N) is 6. The van der Waals surface area contributed by atoms with Crippen LogP contribution in [0.5, 0.6) is 5.88 Å². The molecule has 228 valence electrons. The molecule has 2 aliphatic heterocycles. The second-order valence-electron chi connectivity index (χ2n) is 12.2. The number of likely N-dealkylation sites (N-methyl/N-ethyl adjacent to an activating group) is 1. The number of amides is 2. The lowest BCUT2D eigenvalue weighted by Gasteiger charge is -2.35. The van der Waals surface area contributed by atoms with E-state index < -0.39 is 11.7 Å². The maximum atomic E-state index is 13.1. The summed E-state index contributed by atoms with van der Waals surface area (Å²) in [5, 5.41) is 6.25. The molecule has 5 rings (SSSR count). The summed E-state index contributed by atoms with van der Waals surface area (Å²) in [7, 11) is 3.72. The van der Waals surface area contributed by atoms with Crippen molar-refractivity contribution in [3.63, 3.8) is 0 Å². The van der Waals surface area contributed by atoms with Crippen molar-refractivity contribution >= 4 is 40.7 Å². The molecule has 12 nitrogen and oxygen atoms in total. The molecule has 0 unspecified atom stereocenters. The molecular weight excluding hydrogens is 548 g/mol. The molecule has 0 fully saturated rings. The van der Waals surface area contributed by atoms with Gasteiger partial charge in [-0.1, -0.05) is 0 Å². The number of hydrogen-bond donors (Lipinski definition) is 2. The summed E-state index contributed by atoms with van der Waals surface area (Å²) < 4.78 is 11.5. The number of benzene rings is 1. The van der Waals surface area contributed by atoms with E-state index in [-0.39, 0.29) is 5.91 Å². The Morgan fingerprint density at radius 2 is 1.91 bits per heavy atom. The average Bonchev–Trinajstić information content (AvgIpc) is 2.93. The van der Waals surface area contributed by atoms with Gasteiger partial charge in [0.05, 0.1) is 37.2 Å². The van der Waals surface area contributed by atoms with E-state index in [4.69, 9.17) is 14.5 Å². The number of fused-ring (bicyclic) bond motifs is 2. The van der Waals surface area contributed by atoms with Crippen LogP contribution in [-0.2, 0) is 22.5 Å². The third kappa shape index (κ3) is 6.96. The smallest absolute Gasteiger partial charge is 0.415 e. The second-order valence-corrected chi connectivity index (χ2v) is 12.2. The zero-order valence-electron chi connectivity index (χ0n) is 25.9. The van der Waals surface area contributed by atoms with Gasteiger partial charge in [-0.15, -0.1) is 0 Å². The molecule has 0 aliphatic carbocycles. The van der Waals surface area contributed by atoms with E-state index in [0.717, 1.165) is 52.4 Å². The van der Waals surface area contributed by atoms with Gasteiger partial charge < -0.3 is 29.9 Å². The van der Waals surface area contributed by atoms with Crippen LogP contribution in [0.3, 0.4) is 0 Å². The molecule has 4 heterocycles. The first-order valence-corrected chi connectivity index (χ1v) is 14.4. The van der Waals surface area contributed by atoms with Crippen LogP contribution in [0.4, 0.5) is 33.5 Å². The number of carbonyl (C=O) groups excluding carboxylic acids is 2. The summed E-state index contributed by atoms with van der Waals surface area (Å²) in [5.74, 6) is 0.864. The maximum absolute atomic E-state index is 13.1. The van der Waals surface area contributed by atoms with Crippen molar-refractivity contribution in [1.29, 1.82) is 0 Å². The molecule has 0 saturated carbocycles. The first-order valence-electron chi connectivity index (χ1n) is 14.4. The third-order valence-corrected chi connectivity index (χ3v) is 7.19. The Hall–Kier alpha value is -4.45. The summed E-state index contributed by atoms with van der Waals surface area (Å²) in [4.78, 5) is 44.9. The summed E-state index contributed by atoms with van der Waals surface area (Å²) in [6, 6.07) is 5.73. The summed E-state index contributed by atoms with van der Waals surface area (Å²) in [6.07, 6.45) is 4.05. The topological polar surface area (TPSA) is 125 Å². The highest BCUT2D eigenvalue weighted by atomic mass is 16.6. The van der Waals surface area contributed by atoms with Crippen molar-refractivity contribution in [3.8, 4) is 5.88 Å². The molecule has 3 aromatic rings. The van der Waals surface area contributed by atoms with Crippen LogP contribution < -0.4 is 25.2 Å². The number of carbonyl (C=O) groups is 2. The highest BCUT2D eigenvalue weighted by Crippen LogP contribution is 2.39. The van der Waals surface area contributed by atoms with E-state index in [1.807, 2.05) is 78.0 Å². The maximum Gasteiger partial charge on any atom is 0.415 e. The summed E-state index contributed by atoms with van der Waals surface area (Å²) >= 11 is 0. The molecule has 0 atom stereocenters. The second kappa shape index (κ2) is 12.0. The highest BCUT2D eigenvalue weighted by molar-refractivity contribution is 5.93. The molecule has 2 N–H and O–H groups in total. The molecule has 43 heavy (non-hydrogen) atoms. The molecule has 0 radical (unpaired) electrons. The van der Waals surface area contributed by atoms with Crippen LogP contribution in [0.2, 0.25) is 0 Å². The van der Waals surface area contributed by atoms with Crippen LogP contribution in [0.25, 0.3) is 0 Å². The fourth-order valence-corrected chi connectivity index (χ4v) is 5.20. The lowest BCUT2D eigenvalue weighted by molar-refractivity contribution is -0.116.